The van der Waals surface area contributed by atoms with Gasteiger partial charge < -0.3 is 15.2 Å². The molecule has 1 saturated carbocycles. The van der Waals surface area contributed by atoms with Crippen LogP contribution in [0.3, 0.4) is 0 Å². The molecule has 1 aliphatic rings. The first kappa shape index (κ1) is 18.7. The molecule has 3 aromatic heterocycles. The molecule has 30 heavy (non-hydrogen) atoms. The Morgan fingerprint density at radius 2 is 2.17 bits per heavy atom. The summed E-state index contributed by atoms with van der Waals surface area (Å²) in [5.41, 5.74) is 3.37. The zero-order chi connectivity index (χ0) is 20.9. The molecule has 0 spiro atoms. The first-order chi connectivity index (χ1) is 14.5. The average molecular weight is 411 g/mol. The van der Waals surface area contributed by atoms with Crippen LogP contribution in [0.25, 0.3) is 27.7 Å². The summed E-state index contributed by atoms with van der Waals surface area (Å²) in [6, 6.07) is 7.80. The van der Waals surface area contributed by atoms with Gasteiger partial charge in [0.1, 0.15) is 17.7 Å². The number of methoxy groups -OCH3 is 1. The lowest BCUT2D eigenvalue weighted by Gasteiger charge is -2.41. The minimum Gasteiger partial charge on any atom is -0.479 e. The van der Waals surface area contributed by atoms with Crippen molar-refractivity contribution in [3.63, 3.8) is 0 Å². The van der Waals surface area contributed by atoms with Crippen LogP contribution in [0.4, 0.5) is 10.3 Å². The molecule has 0 amide bonds. The van der Waals surface area contributed by atoms with E-state index in [0.29, 0.717) is 30.2 Å². The van der Waals surface area contributed by atoms with Gasteiger partial charge in [-0.05, 0) is 43.5 Å². The Morgan fingerprint density at radius 1 is 1.33 bits per heavy atom. The van der Waals surface area contributed by atoms with Crippen molar-refractivity contribution in [2.24, 2.45) is 0 Å². The minimum absolute atomic E-state index is 0.128. The number of alkyl halides is 1. The van der Waals surface area contributed by atoms with Gasteiger partial charge >= 0.3 is 0 Å². The molecule has 0 bridgehead atoms. The predicted octanol–water partition coefficient (Wildman–Crippen LogP) is 2.44. The molecule has 1 fully saturated rings. The molecule has 0 saturated heterocycles. The third-order valence-electron chi connectivity index (χ3n) is 5.50. The van der Waals surface area contributed by atoms with E-state index in [1.54, 1.807) is 16.3 Å². The Balaban J connectivity index is 1.54. The van der Waals surface area contributed by atoms with Gasteiger partial charge in [0, 0.05) is 17.8 Å². The highest BCUT2D eigenvalue weighted by Gasteiger charge is 2.38. The van der Waals surface area contributed by atoms with Crippen molar-refractivity contribution < 1.29 is 14.2 Å². The number of hydrogen-bond donors (Lipinski definition) is 2. The van der Waals surface area contributed by atoms with E-state index in [1.165, 1.54) is 0 Å². The molecule has 9 nitrogen and oxygen atoms in total. The fourth-order valence-electron chi connectivity index (χ4n) is 4.09. The van der Waals surface area contributed by atoms with Gasteiger partial charge in [-0.2, -0.15) is 4.98 Å². The number of rotatable bonds is 6. The van der Waals surface area contributed by atoms with E-state index in [0.717, 1.165) is 22.2 Å². The van der Waals surface area contributed by atoms with Gasteiger partial charge in [0.25, 0.3) is 0 Å². The molecule has 0 aliphatic heterocycles. The second-order valence-electron chi connectivity index (χ2n) is 7.92. The first-order valence-corrected chi connectivity index (χ1v) is 9.79. The monoisotopic (exact) mass is 411 g/mol. The number of nitrogens with zero attached hydrogens (tertiary/aromatic N) is 6. The van der Waals surface area contributed by atoms with Crippen LogP contribution in [0.15, 0.2) is 30.5 Å². The summed E-state index contributed by atoms with van der Waals surface area (Å²) in [6.07, 6.45) is 3.14. The van der Waals surface area contributed by atoms with Crippen LogP contribution in [0.5, 0.6) is 5.88 Å². The number of hydrogen-bond acceptors (Lipinski definition) is 7. The van der Waals surface area contributed by atoms with Crippen molar-refractivity contribution in [1.29, 1.82) is 0 Å². The molecular weight excluding hydrogens is 389 g/mol. The lowest BCUT2D eigenvalue weighted by Crippen LogP contribution is -2.48. The van der Waals surface area contributed by atoms with E-state index < -0.39 is 12.3 Å². The smallest absolute Gasteiger partial charge is 0.244 e. The molecule has 0 unspecified atom stereocenters. The molecule has 5 rings (SSSR count). The minimum atomic E-state index is -0.630. The van der Waals surface area contributed by atoms with E-state index >= 15 is 0 Å². The van der Waals surface area contributed by atoms with Gasteiger partial charge in [-0.1, -0.05) is 11.3 Å². The van der Waals surface area contributed by atoms with E-state index in [1.807, 2.05) is 37.4 Å². The number of aryl methyl sites for hydroxylation is 1. The number of fused-ring (bicyclic) bond motifs is 2. The summed E-state index contributed by atoms with van der Waals surface area (Å²) in [4.78, 5) is 4.52. The van der Waals surface area contributed by atoms with Crippen LogP contribution in [0, 0.1) is 0 Å². The quantitative estimate of drug-likeness (QED) is 0.502. The molecule has 156 valence electrons. The van der Waals surface area contributed by atoms with Crippen LogP contribution >= 0.6 is 0 Å². The predicted molar refractivity (Wildman–Crippen MR) is 109 cm³/mol. The van der Waals surface area contributed by atoms with Gasteiger partial charge in [-0.3, -0.25) is 0 Å². The van der Waals surface area contributed by atoms with Crippen LogP contribution in [-0.2, 0) is 6.54 Å². The summed E-state index contributed by atoms with van der Waals surface area (Å²) in [5.74, 6) is 0.886. The number of benzene rings is 1. The number of aliphatic hydroxyl groups is 1. The Hall–Kier alpha value is -3.27. The zero-order valence-electron chi connectivity index (χ0n) is 16.7. The van der Waals surface area contributed by atoms with E-state index in [2.05, 4.69) is 25.7 Å². The third kappa shape index (κ3) is 3.13. The number of aromatic nitrogens is 6. The third-order valence-corrected chi connectivity index (χ3v) is 5.50. The average Bonchev–Trinajstić information content (AvgIpc) is 3.30. The number of anilines is 1. The molecular formula is C20H22FN7O2. The van der Waals surface area contributed by atoms with Gasteiger partial charge in [0.15, 0.2) is 0 Å². The van der Waals surface area contributed by atoms with E-state index in [4.69, 9.17) is 4.74 Å². The Labute approximate surface area is 171 Å². The highest BCUT2D eigenvalue weighted by atomic mass is 19.1. The van der Waals surface area contributed by atoms with Crippen LogP contribution in [-0.4, -0.2) is 60.1 Å². The summed E-state index contributed by atoms with van der Waals surface area (Å²) in [6.45, 7) is 1.47. The second-order valence-corrected chi connectivity index (χ2v) is 7.92. The fourth-order valence-corrected chi connectivity index (χ4v) is 4.09. The van der Waals surface area contributed by atoms with Gasteiger partial charge in [-0.25, -0.2) is 13.6 Å². The van der Waals surface area contributed by atoms with E-state index in [-0.39, 0.29) is 12.6 Å². The van der Waals surface area contributed by atoms with Crippen molar-refractivity contribution in [2.75, 3.05) is 19.1 Å². The van der Waals surface area contributed by atoms with Gasteiger partial charge in [0.05, 0.1) is 24.8 Å². The summed E-state index contributed by atoms with van der Waals surface area (Å²) < 4.78 is 21.7. The second kappa shape index (κ2) is 6.91. The fraction of sp³-hybridized carbons (Fsp3) is 0.400. The highest BCUT2D eigenvalue weighted by molar-refractivity contribution is 5.89. The van der Waals surface area contributed by atoms with Crippen molar-refractivity contribution in [3.05, 3.63) is 30.5 Å². The highest BCUT2D eigenvalue weighted by Crippen LogP contribution is 2.35. The largest absolute Gasteiger partial charge is 0.479 e. The molecule has 4 aromatic rings. The van der Waals surface area contributed by atoms with Crippen molar-refractivity contribution >= 4 is 22.5 Å². The standard InChI is InChI=1S/C20H22FN7O2/c1-20(29)10-13(11-20)22-19-23-18(30-2)17-14(5-7-28(17)25-19)12-3-4-15-16(9-12)27(8-6-21)26-24-15/h3-5,7,9,13,29H,6,8,10-11H2,1-2H3,(H,22,25). The Bertz CT molecular complexity index is 1220. The SMILES string of the molecule is COc1nc(NC2CC(C)(O)C2)nn2ccc(-c3ccc4nnn(CCF)c4c3)c12. The van der Waals surface area contributed by atoms with Crippen LogP contribution in [0.1, 0.15) is 19.8 Å². The molecule has 0 atom stereocenters. The van der Waals surface area contributed by atoms with Gasteiger partial charge in [0.2, 0.25) is 11.8 Å². The molecule has 1 aromatic carbocycles. The summed E-state index contributed by atoms with van der Waals surface area (Å²) >= 11 is 0. The zero-order valence-corrected chi connectivity index (χ0v) is 16.7. The maximum Gasteiger partial charge on any atom is 0.244 e. The Morgan fingerprint density at radius 3 is 2.90 bits per heavy atom. The molecule has 2 N–H and O–H groups in total. The maximum absolute atomic E-state index is 12.8. The topological polar surface area (TPSA) is 102 Å². The van der Waals surface area contributed by atoms with Crippen molar-refractivity contribution in [1.82, 2.24) is 29.6 Å². The van der Waals surface area contributed by atoms with Crippen LogP contribution < -0.4 is 10.1 Å². The van der Waals surface area contributed by atoms with Crippen LogP contribution in [0.2, 0.25) is 0 Å². The van der Waals surface area contributed by atoms with Crippen molar-refractivity contribution in [2.45, 2.75) is 38.0 Å². The summed E-state index contributed by atoms with van der Waals surface area (Å²) in [5, 5.41) is 25.8. The molecule has 0 radical (unpaired) electrons. The summed E-state index contributed by atoms with van der Waals surface area (Å²) in [7, 11) is 1.57. The van der Waals surface area contributed by atoms with Crippen molar-refractivity contribution in [3.8, 4) is 17.0 Å². The molecule has 10 heteroatoms. The first-order valence-electron chi connectivity index (χ1n) is 9.79. The number of ether oxygens (including phenoxy) is 1. The lowest BCUT2D eigenvalue weighted by atomic mass is 9.77. The van der Waals surface area contributed by atoms with Gasteiger partial charge in [-0.15, -0.1) is 10.2 Å². The normalized spacial score (nSPS) is 21.1. The number of nitrogens with one attached hydrogen (secondary N) is 1. The van der Waals surface area contributed by atoms with E-state index in [9.17, 15) is 9.50 Å². The maximum atomic E-state index is 12.8. The number of halogens is 1. The molecule has 3 heterocycles. The Kier molecular flexibility index (Phi) is 4.31. The molecule has 1 aliphatic carbocycles. The lowest BCUT2D eigenvalue weighted by molar-refractivity contribution is -0.0236.